The SMILES string of the molecule is CC(C)Cn1nc2ccc(C(=O)O)cc2n1. The fraction of sp³-hybridized carbons (Fsp3) is 0.364. The molecular formula is C11H13N3O2. The highest BCUT2D eigenvalue weighted by molar-refractivity contribution is 5.91. The lowest BCUT2D eigenvalue weighted by Gasteiger charge is -2.00. The van der Waals surface area contributed by atoms with E-state index in [-0.39, 0.29) is 5.56 Å². The summed E-state index contributed by atoms with van der Waals surface area (Å²) in [4.78, 5) is 12.4. The highest BCUT2D eigenvalue weighted by atomic mass is 16.4. The van der Waals surface area contributed by atoms with Crippen LogP contribution < -0.4 is 0 Å². The van der Waals surface area contributed by atoms with E-state index >= 15 is 0 Å². The number of carboxylic acid groups (broad SMARTS) is 1. The Balaban J connectivity index is 2.42. The van der Waals surface area contributed by atoms with Crippen LogP contribution in [0.2, 0.25) is 0 Å². The molecule has 0 saturated carbocycles. The van der Waals surface area contributed by atoms with Crippen LogP contribution in [0, 0.1) is 5.92 Å². The number of hydrogen-bond donors (Lipinski definition) is 1. The number of aromatic nitrogens is 3. The zero-order valence-corrected chi connectivity index (χ0v) is 9.21. The number of fused-ring (bicyclic) bond motifs is 1. The van der Waals surface area contributed by atoms with E-state index in [0.29, 0.717) is 11.4 Å². The van der Waals surface area contributed by atoms with Crippen molar-refractivity contribution in [3.63, 3.8) is 0 Å². The molecule has 16 heavy (non-hydrogen) atoms. The molecule has 0 fully saturated rings. The number of benzene rings is 1. The Bertz CT molecular complexity index is 531. The van der Waals surface area contributed by atoms with Gasteiger partial charge in [-0.15, -0.1) is 0 Å². The minimum absolute atomic E-state index is 0.240. The first-order valence-corrected chi connectivity index (χ1v) is 5.14. The maximum atomic E-state index is 10.8. The van der Waals surface area contributed by atoms with Gasteiger partial charge in [-0.1, -0.05) is 13.8 Å². The average molecular weight is 219 g/mol. The van der Waals surface area contributed by atoms with Gasteiger partial charge < -0.3 is 5.11 Å². The molecule has 5 nitrogen and oxygen atoms in total. The normalized spacial score (nSPS) is 11.2. The third-order valence-electron chi connectivity index (χ3n) is 2.20. The van der Waals surface area contributed by atoms with Gasteiger partial charge in [0.25, 0.3) is 0 Å². The predicted molar refractivity (Wildman–Crippen MR) is 59.3 cm³/mol. The van der Waals surface area contributed by atoms with Gasteiger partial charge in [0, 0.05) is 0 Å². The molecule has 0 amide bonds. The predicted octanol–water partition coefficient (Wildman–Crippen LogP) is 1.79. The summed E-state index contributed by atoms with van der Waals surface area (Å²) in [6.07, 6.45) is 0. The Kier molecular flexibility index (Phi) is 2.60. The van der Waals surface area contributed by atoms with E-state index in [0.717, 1.165) is 12.1 Å². The summed E-state index contributed by atoms with van der Waals surface area (Å²) < 4.78 is 0. The van der Waals surface area contributed by atoms with Crippen molar-refractivity contribution in [3.05, 3.63) is 23.8 Å². The van der Waals surface area contributed by atoms with Gasteiger partial charge in [0.05, 0.1) is 12.1 Å². The van der Waals surface area contributed by atoms with E-state index in [2.05, 4.69) is 24.0 Å². The molecule has 1 heterocycles. The third-order valence-corrected chi connectivity index (χ3v) is 2.20. The van der Waals surface area contributed by atoms with Gasteiger partial charge in [-0.3, -0.25) is 0 Å². The number of hydrogen-bond acceptors (Lipinski definition) is 3. The van der Waals surface area contributed by atoms with Gasteiger partial charge in [0.2, 0.25) is 0 Å². The molecule has 0 spiro atoms. The molecule has 5 heteroatoms. The summed E-state index contributed by atoms with van der Waals surface area (Å²) in [7, 11) is 0. The molecule has 0 atom stereocenters. The van der Waals surface area contributed by atoms with E-state index in [1.165, 1.54) is 0 Å². The zero-order valence-electron chi connectivity index (χ0n) is 9.21. The summed E-state index contributed by atoms with van der Waals surface area (Å²) in [5.41, 5.74) is 1.59. The first kappa shape index (κ1) is 10.6. The molecule has 0 bridgehead atoms. The second-order valence-electron chi connectivity index (χ2n) is 4.16. The van der Waals surface area contributed by atoms with Gasteiger partial charge in [0.15, 0.2) is 0 Å². The van der Waals surface area contributed by atoms with Crippen molar-refractivity contribution in [2.75, 3.05) is 0 Å². The van der Waals surface area contributed by atoms with Crippen molar-refractivity contribution >= 4 is 17.0 Å². The summed E-state index contributed by atoms with van der Waals surface area (Å²) in [5, 5.41) is 17.3. The average Bonchev–Trinajstić information content (AvgIpc) is 2.56. The number of carboxylic acids is 1. The van der Waals surface area contributed by atoms with Gasteiger partial charge in [-0.25, -0.2) is 4.79 Å². The number of carbonyl (C=O) groups is 1. The molecule has 0 aliphatic heterocycles. The fourth-order valence-electron chi connectivity index (χ4n) is 1.50. The molecule has 0 aliphatic carbocycles. The van der Waals surface area contributed by atoms with Crippen LogP contribution in [0.15, 0.2) is 18.2 Å². The zero-order chi connectivity index (χ0) is 11.7. The van der Waals surface area contributed by atoms with E-state index < -0.39 is 5.97 Å². The van der Waals surface area contributed by atoms with E-state index in [1.54, 1.807) is 23.0 Å². The summed E-state index contributed by atoms with van der Waals surface area (Å²) >= 11 is 0. The molecule has 0 radical (unpaired) electrons. The quantitative estimate of drug-likeness (QED) is 0.854. The van der Waals surface area contributed by atoms with E-state index in [4.69, 9.17) is 5.11 Å². The largest absolute Gasteiger partial charge is 0.478 e. The topological polar surface area (TPSA) is 68.0 Å². The van der Waals surface area contributed by atoms with Gasteiger partial charge >= 0.3 is 5.97 Å². The Labute approximate surface area is 92.7 Å². The van der Waals surface area contributed by atoms with Crippen LogP contribution >= 0.6 is 0 Å². The minimum atomic E-state index is -0.944. The van der Waals surface area contributed by atoms with Crippen LogP contribution in [0.5, 0.6) is 0 Å². The molecule has 1 N–H and O–H groups in total. The van der Waals surface area contributed by atoms with Crippen molar-refractivity contribution in [1.29, 1.82) is 0 Å². The Morgan fingerprint density at radius 2 is 2.06 bits per heavy atom. The Morgan fingerprint density at radius 3 is 2.69 bits per heavy atom. The van der Waals surface area contributed by atoms with Crippen LogP contribution in [0.3, 0.4) is 0 Å². The number of rotatable bonds is 3. The molecule has 84 valence electrons. The molecule has 2 rings (SSSR count). The standard InChI is InChI=1S/C11H13N3O2/c1-7(2)6-14-12-9-4-3-8(11(15)16)5-10(9)13-14/h3-5,7H,6H2,1-2H3,(H,15,16). The monoisotopic (exact) mass is 219 g/mol. The molecule has 1 aromatic heterocycles. The fourth-order valence-corrected chi connectivity index (χ4v) is 1.50. The van der Waals surface area contributed by atoms with Crippen LogP contribution in [-0.4, -0.2) is 26.1 Å². The van der Waals surface area contributed by atoms with Gasteiger partial charge in [0.1, 0.15) is 11.0 Å². The van der Waals surface area contributed by atoms with Crippen molar-refractivity contribution in [1.82, 2.24) is 15.0 Å². The minimum Gasteiger partial charge on any atom is -0.478 e. The lowest BCUT2D eigenvalue weighted by Crippen LogP contribution is -2.07. The highest BCUT2D eigenvalue weighted by Gasteiger charge is 2.08. The lowest BCUT2D eigenvalue weighted by atomic mass is 10.2. The van der Waals surface area contributed by atoms with Crippen LogP contribution in [-0.2, 0) is 6.54 Å². The molecule has 1 aromatic carbocycles. The van der Waals surface area contributed by atoms with Crippen molar-refractivity contribution < 1.29 is 9.90 Å². The summed E-state index contributed by atoms with van der Waals surface area (Å²) in [6, 6.07) is 4.77. The smallest absolute Gasteiger partial charge is 0.335 e. The van der Waals surface area contributed by atoms with Crippen LogP contribution in [0.4, 0.5) is 0 Å². The number of nitrogens with zero attached hydrogens (tertiary/aromatic N) is 3. The Morgan fingerprint density at radius 1 is 1.38 bits per heavy atom. The second-order valence-corrected chi connectivity index (χ2v) is 4.16. The van der Waals surface area contributed by atoms with E-state index in [9.17, 15) is 4.79 Å². The Hall–Kier alpha value is -1.91. The third kappa shape index (κ3) is 2.03. The maximum absolute atomic E-state index is 10.8. The van der Waals surface area contributed by atoms with Crippen LogP contribution in [0.1, 0.15) is 24.2 Å². The maximum Gasteiger partial charge on any atom is 0.335 e. The molecule has 2 aromatic rings. The number of aromatic carboxylic acids is 1. The first-order chi connectivity index (χ1) is 7.56. The van der Waals surface area contributed by atoms with Crippen molar-refractivity contribution in [3.8, 4) is 0 Å². The summed E-state index contributed by atoms with van der Waals surface area (Å²) in [5.74, 6) is -0.485. The molecule has 0 saturated heterocycles. The molecule has 0 aliphatic rings. The van der Waals surface area contributed by atoms with Crippen LogP contribution in [0.25, 0.3) is 11.0 Å². The van der Waals surface area contributed by atoms with Gasteiger partial charge in [-0.2, -0.15) is 15.0 Å². The first-order valence-electron chi connectivity index (χ1n) is 5.14. The summed E-state index contributed by atoms with van der Waals surface area (Å²) in [6.45, 7) is 4.89. The van der Waals surface area contributed by atoms with Crippen molar-refractivity contribution in [2.24, 2.45) is 5.92 Å². The molecule has 0 unspecified atom stereocenters. The second kappa shape index (κ2) is 3.92. The lowest BCUT2D eigenvalue weighted by molar-refractivity contribution is 0.0697. The van der Waals surface area contributed by atoms with Crippen molar-refractivity contribution in [2.45, 2.75) is 20.4 Å². The highest BCUT2D eigenvalue weighted by Crippen LogP contribution is 2.12. The molecular weight excluding hydrogens is 206 g/mol. The van der Waals surface area contributed by atoms with E-state index in [1.807, 2.05) is 0 Å². The van der Waals surface area contributed by atoms with Gasteiger partial charge in [-0.05, 0) is 24.1 Å².